The SMILES string of the molecule is Fc1ccc(N2CCN(C([CH]Cc3cc(C(F)(F)F)cc(C(F)(F)F)c3)c3ccccc3)CC2)cc1. The Bertz CT molecular complexity index is 1100. The topological polar surface area (TPSA) is 6.48 Å². The number of anilines is 1. The molecule has 1 atom stereocenters. The molecule has 1 saturated heterocycles. The van der Waals surface area contributed by atoms with E-state index in [1.807, 2.05) is 30.3 Å². The lowest BCUT2D eigenvalue weighted by Gasteiger charge is -2.40. The molecule has 2 nitrogen and oxygen atoms in total. The Morgan fingerprint density at radius 2 is 1.28 bits per heavy atom. The van der Waals surface area contributed by atoms with Crippen molar-refractivity contribution < 1.29 is 30.7 Å². The largest absolute Gasteiger partial charge is 0.416 e. The molecule has 1 heterocycles. The predicted octanol–water partition coefficient (Wildman–Crippen LogP) is 7.17. The van der Waals surface area contributed by atoms with Crippen molar-refractivity contribution in [2.24, 2.45) is 0 Å². The first-order valence-electron chi connectivity index (χ1n) is 11.4. The van der Waals surface area contributed by atoms with E-state index >= 15 is 0 Å². The van der Waals surface area contributed by atoms with E-state index in [4.69, 9.17) is 0 Å². The van der Waals surface area contributed by atoms with E-state index in [0.29, 0.717) is 26.2 Å². The van der Waals surface area contributed by atoms with Crippen LogP contribution in [0.3, 0.4) is 0 Å². The van der Waals surface area contributed by atoms with E-state index in [1.165, 1.54) is 12.1 Å². The molecule has 1 fully saturated rings. The van der Waals surface area contributed by atoms with Crippen LogP contribution in [0.25, 0.3) is 0 Å². The van der Waals surface area contributed by atoms with Crippen LogP contribution in [0.4, 0.5) is 36.4 Å². The summed E-state index contributed by atoms with van der Waals surface area (Å²) in [6.07, 6.45) is -8.07. The van der Waals surface area contributed by atoms with Crippen LogP contribution in [-0.4, -0.2) is 31.1 Å². The fraction of sp³-hybridized carbons (Fsp3) is 0.296. The monoisotopic (exact) mass is 509 g/mol. The van der Waals surface area contributed by atoms with Gasteiger partial charge in [0.05, 0.1) is 11.1 Å². The highest BCUT2D eigenvalue weighted by molar-refractivity contribution is 5.46. The fourth-order valence-corrected chi connectivity index (χ4v) is 4.44. The van der Waals surface area contributed by atoms with E-state index in [0.717, 1.165) is 23.4 Å². The Morgan fingerprint density at radius 1 is 0.722 bits per heavy atom. The van der Waals surface area contributed by atoms with Crippen molar-refractivity contribution in [2.45, 2.75) is 24.8 Å². The van der Waals surface area contributed by atoms with Crippen molar-refractivity contribution in [1.29, 1.82) is 0 Å². The average molecular weight is 509 g/mol. The molecule has 0 bridgehead atoms. The van der Waals surface area contributed by atoms with Crippen molar-refractivity contribution in [1.82, 2.24) is 4.90 Å². The van der Waals surface area contributed by atoms with Crippen LogP contribution in [0.15, 0.2) is 72.8 Å². The van der Waals surface area contributed by atoms with E-state index in [1.54, 1.807) is 18.6 Å². The number of nitrogens with zero attached hydrogens (tertiary/aromatic N) is 2. The molecule has 0 saturated carbocycles. The van der Waals surface area contributed by atoms with Gasteiger partial charge in [-0.2, -0.15) is 26.3 Å². The van der Waals surface area contributed by atoms with Crippen LogP contribution >= 0.6 is 0 Å². The van der Waals surface area contributed by atoms with E-state index in [9.17, 15) is 30.7 Å². The zero-order chi connectivity index (χ0) is 25.9. The van der Waals surface area contributed by atoms with Crippen molar-refractivity contribution in [3.63, 3.8) is 0 Å². The van der Waals surface area contributed by atoms with Gasteiger partial charge in [0.15, 0.2) is 0 Å². The summed E-state index contributed by atoms with van der Waals surface area (Å²) < 4.78 is 92.9. The van der Waals surface area contributed by atoms with Crippen molar-refractivity contribution >= 4 is 5.69 Å². The van der Waals surface area contributed by atoms with Crippen LogP contribution < -0.4 is 4.90 Å². The molecule has 0 spiro atoms. The van der Waals surface area contributed by atoms with Crippen LogP contribution in [0.1, 0.15) is 28.3 Å². The molecule has 0 N–H and O–H groups in total. The molecule has 3 aromatic carbocycles. The Kier molecular flexibility index (Phi) is 7.59. The highest BCUT2D eigenvalue weighted by Gasteiger charge is 2.37. The molecule has 0 amide bonds. The van der Waals surface area contributed by atoms with Crippen LogP contribution in [-0.2, 0) is 18.8 Å². The second kappa shape index (κ2) is 10.5. The van der Waals surface area contributed by atoms with Gasteiger partial charge in [-0.15, -0.1) is 0 Å². The second-order valence-electron chi connectivity index (χ2n) is 8.71. The summed E-state index contributed by atoms with van der Waals surface area (Å²) in [6, 6.07) is 16.9. The smallest absolute Gasteiger partial charge is 0.369 e. The standard InChI is InChI=1S/C27H24F7N2/c28-23-7-9-24(10-8-23)35-12-14-36(15-13-35)25(20-4-2-1-3-5-20)11-6-19-16-21(26(29,30)31)18-22(17-19)27(32,33)34/h1-5,7-11,16-18,25H,6,12-15H2. The molecule has 191 valence electrons. The third kappa shape index (κ3) is 6.37. The molecule has 0 aromatic heterocycles. The average Bonchev–Trinajstić information content (AvgIpc) is 2.84. The zero-order valence-corrected chi connectivity index (χ0v) is 19.2. The van der Waals surface area contributed by atoms with E-state index < -0.39 is 23.5 Å². The summed E-state index contributed by atoms with van der Waals surface area (Å²) in [7, 11) is 0. The maximum absolute atomic E-state index is 13.3. The van der Waals surface area contributed by atoms with Gasteiger partial charge >= 0.3 is 12.4 Å². The molecule has 0 aliphatic carbocycles. The van der Waals surface area contributed by atoms with Crippen LogP contribution in [0, 0.1) is 12.2 Å². The van der Waals surface area contributed by atoms with Gasteiger partial charge < -0.3 is 4.90 Å². The number of rotatable bonds is 6. The van der Waals surface area contributed by atoms with Crippen molar-refractivity contribution in [3.05, 3.63) is 107 Å². The number of alkyl halides is 6. The first-order valence-corrected chi connectivity index (χ1v) is 11.4. The number of piperazine rings is 1. The zero-order valence-electron chi connectivity index (χ0n) is 19.2. The Labute approximate surface area is 205 Å². The lowest BCUT2D eigenvalue weighted by molar-refractivity contribution is -0.143. The van der Waals surface area contributed by atoms with Gasteiger partial charge in [0.1, 0.15) is 5.82 Å². The summed E-state index contributed by atoms with van der Waals surface area (Å²) in [5.74, 6) is -0.320. The van der Waals surface area contributed by atoms with E-state index in [2.05, 4.69) is 9.80 Å². The lowest BCUT2D eigenvalue weighted by atomic mass is 9.95. The first-order chi connectivity index (χ1) is 17.0. The number of hydrogen-bond donors (Lipinski definition) is 0. The van der Waals surface area contributed by atoms with Crippen molar-refractivity contribution in [3.8, 4) is 0 Å². The molecule has 1 aliphatic rings. The van der Waals surface area contributed by atoms with Gasteiger partial charge in [-0.1, -0.05) is 30.3 Å². The number of halogens is 7. The summed E-state index contributed by atoms with van der Waals surface area (Å²) >= 11 is 0. The Hall–Kier alpha value is -3.07. The van der Waals surface area contributed by atoms with Crippen LogP contribution in [0.2, 0.25) is 0 Å². The minimum absolute atomic E-state index is 0.0528. The number of hydrogen-bond acceptors (Lipinski definition) is 2. The minimum atomic E-state index is -4.88. The van der Waals surface area contributed by atoms with Gasteiger partial charge in [0.2, 0.25) is 0 Å². The molecule has 3 aromatic rings. The Balaban J connectivity index is 1.53. The lowest BCUT2D eigenvalue weighted by Crippen LogP contribution is -2.48. The maximum atomic E-state index is 13.3. The summed E-state index contributed by atoms with van der Waals surface area (Å²) in [5, 5.41) is 0. The molecule has 1 radical (unpaired) electrons. The number of benzene rings is 3. The van der Waals surface area contributed by atoms with Crippen molar-refractivity contribution in [2.75, 3.05) is 31.1 Å². The van der Waals surface area contributed by atoms with Gasteiger partial charge in [-0.3, -0.25) is 4.90 Å². The first kappa shape index (κ1) is 26.0. The highest BCUT2D eigenvalue weighted by atomic mass is 19.4. The van der Waals surface area contributed by atoms with Gasteiger partial charge in [0.25, 0.3) is 0 Å². The summed E-state index contributed by atoms with van der Waals surface area (Å²) in [6.45, 7) is 2.52. The molecule has 1 aliphatic heterocycles. The molecule has 36 heavy (non-hydrogen) atoms. The molecular formula is C27H24F7N2. The van der Waals surface area contributed by atoms with Gasteiger partial charge in [0, 0.05) is 37.9 Å². The fourth-order valence-electron chi connectivity index (χ4n) is 4.44. The highest BCUT2D eigenvalue weighted by Crippen LogP contribution is 2.37. The summed E-state index contributed by atoms with van der Waals surface area (Å²) in [5.41, 5.74) is -0.895. The molecule has 9 heteroatoms. The maximum Gasteiger partial charge on any atom is 0.416 e. The summed E-state index contributed by atoms with van der Waals surface area (Å²) in [4.78, 5) is 4.26. The van der Waals surface area contributed by atoms with Crippen LogP contribution in [0.5, 0.6) is 0 Å². The quantitative estimate of drug-likeness (QED) is 0.325. The molecule has 1 unspecified atom stereocenters. The predicted molar refractivity (Wildman–Crippen MR) is 124 cm³/mol. The molecule has 4 rings (SSSR count). The third-order valence-electron chi connectivity index (χ3n) is 6.26. The van der Waals surface area contributed by atoms with E-state index in [-0.39, 0.29) is 29.9 Å². The second-order valence-corrected chi connectivity index (χ2v) is 8.71. The van der Waals surface area contributed by atoms with Gasteiger partial charge in [-0.05, 0) is 66.4 Å². The molecular weight excluding hydrogens is 485 g/mol. The normalized spacial score (nSPS) is 16.2. The minimum Gasteiger partial charge on any atom is -0.369 e. The third-order valence-corrected chi connectivity index (χ3v) is 6.26. The van der Waals surface area contributed by atoms with Gasteiger partial charge in [-0.25, -0.2) is 4.39 Å². The Morgan fingerprint density at radius 3 is 1.81 bits per heavy atom.